The Bertz CT molecular complexity index is 917. The predicted molar refractivity (Wildman–Crippen MR) is 103 cm³/mol. The molecule has 0 bridgehead atoms. The first kappa shape index (κ1) is 14.3. The van der Waals surface area contributed by atoms with Gasteiger partial charge in [-0.1, -0.05) is 42.5 Å². The Labute approximate surface area is 144 Å². The third-order valence-electron chi connectivity index (χ3n) is 6.01. The molecule has 24 heavy (non-hydrogen) atoms. The Morgan fingerprint density at radius 2 is 1.25 bits per heavy atom. The molecule has 0 aromatic heterocycles. The van der Waals surface area contributed by atoms with Gasteiger partial charge in [0.2, 0.25) is 0 Å². The zero-order chi connectivity index (χ0) is 15.9. The molecule has 5 rings (SSSR count). The van der Waals surface area contributed by atoms with Gasteiger partial charge in [-0.3, -0.25) is 0 Å². The topological polar surface area (TPSA) is 0 Å². The second-order valence-corrected chi connectivity index (χ2v) is 7.54. The van der Waals surface area contributed by atoms with Crippen molar-refractivity contribution in [3.8, 4) is 11.1 Å². The largest absolute Gasteiger partial charge is 0.0614 e. The third-order valence-corrected chi connectivity index (χ3v) is 6.01. The van der Waals surface area contributed by atoms with Crippen molar-refractivity contribution in [3.63, 3.8) is 0 Å². The Morgan fingerprint density at radius 3 is 2.08 bits per heavy atom. The summed E-state index contributed by atoms with van der Waals surface area (Å²) in [5, 5.41) is 2.82. The summed E-state index contributed by atoms with van der Waals surface area (Å²) < 4.78 is 0. The van der Waals surface area contributed by atoms with Crippen molar-refractivity contribution >= 4 is 10.8 Å². The van der Waals surface area contributed by atoms with E-state index in [2.05, 4.69) is 48.5 Å². The van der Waals surface area contributed by atoms with Crippen molar-refractivity contribution < 1.29 is 0 Å². The van der Waals surface area contributed by atoms with Crippen molar-refractivity contribution in [1.29, 1.82) is 0 Å². The number of hydrogen-bond donors (Lipinski definition) is 0. The number of benzene rings is 3. The van der Waals surface area contributed by atoms with Crippen LogP contribution < -0.4 is 0 Å². The molecule has 120 valence electrons. The zero-order valence-electron chi connectivity index (χ0n) is 14.3. The Balaban J connectivity index is 1.65. The highest BCUT2D eigenvalue weighted by atomic mass is 14.2. The molecule has 3 aromatic carbocycles. The fraction of sp³-hybridized carbons (Fsp3) is 0.333. The molecule has 0 N–H and O–H groups in total. The molecule has 2 aliphatic rings. The lowest BCUT2D eigenvalue weighted by Crippen LogP contribution is -2.04. The van der Waals surface area contributed by atoms with Crippen molar-refractivity contribution in [1.82, 2.24) is 0 Å². The van der Waals surface area contributed by atoms with Crippen LogP contribution in [0.25, 0.3) is 21.9 Å². The number of aryl methyl sites for hydroxylation is 3. The summed E-state index contributed by atoms with van der Waals surface area (Å²) in [6.45, 7) is 0. The molecule has 0 radical (unpaired) electrons. The van der Waals surface area contributed by atoms with Gasteiger partial charge in [-0.05, 0) is 102 Å². The highest BCUT2D eigenvalue weighted by molar-refractivity contribution is 5.89. The smallest absolute Gasteiger partial charge is 0.0149 e. The second-order valence-electron chi connectivity index (χ2n) is 7.54. The molecule has 2 aliphatic carbocycles. The van der Waals surface area contributed by atoms with Gasteiger partial charge in [-0.2, -0.15) is 0 Å². The van der Waals surface area contributed by atoms with E-state index >= 15 is 0 Å². The lowest BCUT2D eigenvalue weighted by atomic mass is 9.85. The molecule has 0 unspecified atom stereocenters. The van der Waals surface area contributed by atoms with E-state index in [1.165, 1.54) is 73.3 Å². The van der Waals surface area contributed by atoms with Gasteiger partial charge >= 0.3 is 0 Å². The van der Waals surface area contributed by atoms with Gasteiger partial charge in [0.1, 0.15) is 0 Å². The maximum absolute atomic E-state index is 2.46. The van der Waals surface area contributed by atoms with E-state index in [-0.39, 0.29) is 0 Å². The minimum atomic E-state index is 1.24. The first-order valence-corrected chi connectivity index (χ1v) is 9.55. The summed E-state index contributed by atoms with van der Waals surface area (Å²) in [4.78, 5) is 0. The molecular weight excluding hydrogens is 288 g/mol. The molecule has 0 nitrogen and oxygen atoms in total. The van der Waals surface area contributed by atoms with E-state index in [1.54, 1.807) is 22.3 Å². The van der Waals surface area contributed by atoms with E-state index in [4.69, 9.17) is 0 Å². The van der Waals surface area contributed by atoms with Crippen LogP contribution in [0.4, 0.5) is 0 Å². The van der Waals surface area contributed by atoms with Crippen LogP contribution in [0.15, 0.2) is 48.5 Å². The highest BCUT2D eigenvalue weighted by Crippen LogP contribution is 2.34. The monoisotopic (exact) mass is 312 g/mol. The first-order valence-electron chi connectivity index (χ1n) is 9.55. The molecule has 0 fully saturated rings. The van der Waals surface area contributed by atoms with Crippen molar-refractivity contribution in [2.24, 2.45) is 0 Å². The van der Waals surface area contributed by atoms with Crippen molar-refractivity contribution in [3.05, 3.63) is 70.8 Å². The minimum absolute atomic E-state index is 1.24. The van der Waals surface area contributed by atoms with Crippen LogP contribution in [0, 0.1) is 0 Å². The summed E-state index contributed by atoms with van der Waals surface area (Å²) in [6, 6.07) is 18.9. The summed E-state index contributed by atoms with van der Waals surface area (Å²) in [5.41, 5.74) is 9.20. The number of hydrogen-bond acceptors (Lipinski definition) is 0. The third kappa shape index (κ3) is 2.36. The molecule has 0 amide bonds. The lowest BCUT2D eigenvalue weighted by Gasteiger charge is -2.20. The van der Waals surface area contributed by atoms with E-state index in [0.717, 1.165) is 0 Å². The quantitative estimate of drug-likeness (QED) is 0.497. The van der Waals surface area contributed by atoms with Crippen LogP contribution in [0.5, 0.6) is 0 Å². The van der Waals surface area contributed by atoms with Crippen LogP contribution in [0.3, 0.4) is 0 Å². The second kappa shape index (κ2) is 5.77. The molecule has 3 aromatic rings. The van der Waals surface area contributed by atoms with Crippen LogP contribution >= 0.6 is 0 Å². The van der Waals surface area contributed by atoms with Gasteiger partial charge in [0.05, 0.1) is 0 Å². The van der Waals surface area contributed by atoms with Gasteiger partial charge in [0.25, 0.3) is 0 Å². The van der Waals surface area contributed by atoms with Gasteiger partial charge in [-0.25, -0.2) is 0 Å². The van der Waals surface area contributed by atoms with E-state index in [1.807, 2.05) is 0 Å². The van der Waals surface area contributed by atoms with E-state index in [9.17, 15) is 0 Å². The van der Waals surface area contributed by atoms with Crippen LogP contribution in [0.2, 0.25) is 0 Å². The molecule has 0 spiro atoms. The fourth-order valence-corrected chi connectivity index (χ4v) is 4.71. The average Bonchev–Trinajstić information content (AvgIpc) is 2.65. The Morgan fingerprint density at radius 1 is 0.542 bits per heavy atom. The van der Waals surface area contributed by atoms with Crippen LogP contribution in [0.1, 0.15) is 47.9 Å². The first-order chi connectivity index (χ1) is 11.9. The normalized spacial score (nSPS) is 16.7. The maximum atomic E-state index is 2.46. The number of rotatable bonds is 1. The average molecular weight is 312 g/mol. The summed E-state index contributed by atoms with van der Waals surface area (Å²) >= 11 is 0. The molecule has 0 aliphatic heterocycles. The standard InChI is InChI=1S/C24H24/c1-2-8-19-15-22-16-21(13-12-20(22)14-18(19)7-1)24-11-5-9-17-6-3-4-10-23(17)24/h5,9,11-16H,1-4,6-8,10H2. The Hall–Kier alpha value is -2.08. The predicted octanol–water partition coefficient (Wildman–Crippen LogP) is 6.26. The summed E-state index contributed by atoms with van der Waals surface area (Å²) in [7, 11) is 0. The fourth-order valence-electron chi connectivity index (χ4n) is 4.71. The van der Waals surface area contributed by atoms with Crippen molar-refractivity contribution in [2.75, 3.05) is 0 Å². The summed E-state index contributed by atoms with van der Waals surface area (Å²) in [6.07, 6.45) is 10.4. The molecule has 0 saturated heterocycles. The van der Waals surface area contributed by atoms with Crippen molar-refractivity contribution in [2.45, 2.75) is 51.4 Å². The minimum Gasteiger partial charge on any atom is -0.0614 e. The van der Waals surface area contributed by atoms with Gasteiger partial charge in [-0.15, -0.1) is 0 Å². The molecule has 0 saturated carbocycles. The van der Waals surface area contributed by atoms with Gasteiger partial charge < -0.3 is 0 Å². The van der Waals surface area contributed by atoms with Gasteiger partial charge in [0.15, 0.2) is 0 Å². The van der Waals surface area contributed by atoms with E-state index < -0.39 is 0 Å². The Kier molecular flexibility index (Phi) is 3.43. The van der Waals surface area contributed by atoms with Crippen LogP contribution in [-0.2, 0) is 25.7 Å². The summed E-state index contributed by atoms with van der Waals surface area (Å²) in [5.74, 6) is 0. The molecule has 0 heterocycles. The zero-order valence-corrected chi connectivity index (χ0v) is 14.3. The number of fused-ring (bicyclic) bond motifs is 3. The highest BCUT2D eigenvalue weighted by Gasteiger charge is 2.15. The lowest BCUT2D eigenvalue weighted by molar-refractivity contribution is 0.687. The van der Waals surface area contributed by atoms with Crippen LogP contribution in [-0.4, -0.2) is 0 Å². The van der Waals surface area contributed by atoms with Gasteiger partial charge in [0, 0.05) is 0 Å². The molecule has 0 heteroatoms. The molecule has 0 atom stereocenters. The molecular formula is C24H24. The maximum Gasteiger partial charge on any atom is -0.0149 e. The SMILES string of the molecule is c1cc2c(c(-c3ccc4cc5c(cc4c3)CCCC5)c1)CCCC2. The van der Waals surface area contributed by atoms with E-state index in [0.29, 0.717) is 0 Å².